The van der Waals surface area contributed by atoms with Crippen LogP contribution in [-0.2, 0) is 14.3 Å². The van der Waals surface area contributed by atoms with Crippen molar-refractivity contribution in [3.63, 3.8) is 0 Å². The Balaban J connectivity index is 1.69. The number of hydrogen-bond acceptors (Lipinski definition) is 6. The monoisotopic (exact) mass is 397 g/mol. The lowest BCUT2D eigenvalue weighted by molar-refractivity contribution is -0.150. The van der Waals surface area contributed by atoms with Gasteiger partial charge in [0.15, 0.2) is 13.2 Å². The van der Waals surface area contributed by atoms with Gasteiger partial charge in [-0.3, -0.25) is 4.79 Å². The van der Waals surface area contributed by atoms with Crippen LogP contribution in [0.2, 0.25) is 0 Å². The van der Waals surface area contributed by atoms with E-state index in [1.54, 1.807) is 0 Å². The van der Waals surface area contributed by atoms with Gasteiger partial charge in [0.25, 0.3) is 5.91 Å². The second kappa shape index (κ2) is 11.4. The van der Waals surface area contributed by atoms with Gasteiger partial charge in [0.05, 0.1) is 4.58 Å². The summed E-state index contributed by atoms with van der Waals surface area (Å²) in [7, 11) is 0. The fraction of sp³-hybridized carbons (Fsp3) is 0.579. The number of esters is 1. The minimum absolute atomic E-state index is 0.122. The molecule has 144 valence electrons. The van der Waals surface area contributed by atoms with Crippen LogP contribution in [0, 0.1) is 0 Å². The summed E-state index contributed by atoms with van der Waals surface area (Å²) in [6.07, 6.45) is 2.98. The molecular formula is C19H27NO4S2. The highest BCUT2D eigenvalue weighted by atomic mass is 32.2. The van der Waals surface area contributed by atoms with E-state index in [1.807, 2.05) is 61.6 Å². The third-order valence-electron chi connectivity index (χ3n) is 4.05. The second-order valence-corrected chi connectivity index (χ2v) is 8.75. The van der Waals surface area contributed by atoms with Crippen molar-refractivity contribution in [1.29, 1.82) is 0 Å². The van der Waals surface area contributed by atoms with E-state index in [2.05, 4.69) is 5.32 Å². The van der Waals surface area contributed by atoms with Gasteiger partial charge in [-0.1, -0.05) is 26.0 Å². The maximum atomic E-state index is 11.7. The maximum absolute atomic E-state index is 11.7. The van der Waals surface area contributed by atoms with E-state index in [4.69, 9.17) is 9.47 Å². The van der Waals surface area contributed by atoms with Crippen LogP contribution in [0.25, 0.3) is 0 Å². The summed E-state index contributed by atoms with van der Waals surface area (Å²) in [5.41, 5.74) is 1.27. The maximum Gasteiger partial charge on any atom is 0.344 e. The molecule has 26 heavy (non-hydrogen) atoms. The van der Waals surface area contributed by atoms with Gasteiger partial charge < -0.3 is 14.8 Å². The van der Waals surface area contributed by atoms with Crippen LogP contribution >= 0.6 is 23.5 Å². The number of nitrogens with one attached hydrogen (secondary N) is 1. The molecule has 0 saturated carbocycles. The molecular weight excluding hydrogens is 370 g/mol. The molecule has 1 saturated heterocycles. The molecule has 0 aromatic heterocycles. The Labute approximate surface area is 164 Å². The van der Waals surface area contributed by atoms with Crippen molar-refractivity contribution in [2.24, 2.45) is 0 Å². The lowest BCUT2D eigenvalue weighted by Gasteiger charge is -2.21. The van der Waals surface area contributed by atoms with Crippen LogP contribution in [0.3, 0.4) is 0 Å². The fourth-order valence-corrected chi connectivity index (χ4v) is 5.39. The molecule has 7 heteroatoms. The minimum Gasteiger partial charge on any atom is -0.482 e. The Bertz CT molecular complexity index is 569. The van der Waals surface area contributed by atoms with Gasteiger partial charge in [-0.15, -0.1) is 23.5 Å². The number of ether oxygens (including phenoxy) is 2. The fourth-order valence-electron chi connectivity index (χ4n) is 2.49. The molecule has 0 spiro atoms. The van der Waals surface area contributed by atoms with Gasteiger partial charge in [0, 0.05) is 6.04 Å². The van der Waals surface area contributed by atoms with Gasteiger partial charge in [-0.25, -0.2) is 4.79 Å². The van der Waals surface area contributed by atoms with E-state index in [9.17, 15) is 9.59 Å². The van der Waals surface area contributed by atoms with Gasteiger partial charge >= 0.3 is 5.97 Å². The first-order valence-electron chi connectivity index (χ1n) is 9.03. The number of rotatable bonds is 9. The standard InChI is InChI=1S/C19H27NO4S2/c1-3-15(4-2)20-17(21)12-24-18(22)13-23-16-8-6-14(7-9-16)19-25-10-5-11-26-19/h6-9,15,19H,3-5,10-13H2,1-2H3,(H,20,21). The smallest absolute Gasteiger partial charge is 0.344 e. The van der Waals surface area contributed by atoms with Crippen LogP contribution in [0.4, 0.5) is 0 Å². The predicted octanol–water partition coefficient (Wildman–Crippen LogP) is 3.78. The minimum atomic E-state index is -0.549. The highest BCUT2D eigenvalue weighted by Gasteiger charge is 2.16. The number of benzene rings is 1. The topological polar surface area (TPSA) is 64.6 Å². The molecule has 1 aromatic carbocycles. The molecule has 1 aromatic rings. The van der Waals surface area contributed by atoms with Gasteiger partial charge in [0.2, 0.25) is 0 Å². The Morgan fingerprint density at radius 1 is 1.12 bits per heavy atom. The summed E-state index contributed by atoms with van der Waals surface area (Å²) in [6.45, 7) is 3.54. The molecule has 1 aliphatic heterocycles. The molecule has 0 bridgehead atoms. The number of hydrogen-bond donors (Lipinski definition) is 1. The molecule has 1 aliphatic rings. The molecule has 1 amide bonds. The first kappa shape index (κ1) is 21.0. The molecule has 5 nitrogen and oxygen atoms in total. The lowest BCUT2D eigenvalue weighted by atomic mass is 10.2. The molecule has 0 unspecified atom stereocenters. The van der Waals surface area contributed by atoms with Crippen molar-refractivity contribution in [2.75, 3.05) is 24.7 Å². The summed E-state index contributed by atoms with van der Waals surface area (Å²) in [5.74, 6) is 2.20. The van der Waals surface area contributed by atoms with Crippen LogP contribution < -0.4 is 10.1 Å². The average molecular weight is 398 g/mol. The van der Waals surface area contributed by atoms with Gasteiger partial charge in [-0.05, 0) is 48.5 Å². The van der Waals surface area contributed by atoms with Crippen molar-refractivity contribution < 1.29 is 19.1 Å². The number of carbonyl (C=O) groups is 2. The van der Waals surface area contributed by atoms with Gasteiger partial charge in [0.1, 0.15) is 5.75 Å². The number of carbonyl (C=O) groups excluding carboxylic acids is 2. The Morgan fingerprint density at radius 2 is 1.77 bits per heavy atom. The van der Waals surface area contributed by atoms with Crippen molar-refractivity contribution in [3.8, 4) is 5.75 Å². The van der Waals surface area contributed by atoms with Crippen molar-refractivity contribution >= 4 is 35.4 Å². The van der Waals surface area contributed by atoms with Crippen LogP contribution in [-0.4, -0.2) is 42.6 Å². The molecule has 1 heterocycles. The Morgan fingerprint density at radius 3 is 2.38 bits per heavy atom. The second-order valence-electron chi connectivity index (χ2n) is 6.03. The van der Waals surface area contributed by atoms with Crippen molar-refractivity contribution in [2.45, 2.75) is 43.7 Å². The lowest BCUT2D eigenvalue weighted by Crippen LogP contribution is -2.37. The number of thioether (sulfide) groups is 2. The first-order chi connectivity index (χ1) is 12.6. The van der Waals surface area contributed by atoms with E-state index in [0.29, 0.717) is 10.3 Å². The highest BCUT2D eigenvalue weighted by Crippen LogP contribution is 2.43. The quantitative estimate of drug-likeness (QED) is 0.640. The average Bonchev–Trinajstić information content (AvgIpc) is 2.70. The van der Waals surface area contributed by atoms with Crippen molar-refractivity contribution in [1.82, 2.24) is 5.32 Å². The molecule has 0 atom stereocenters. The summed E-state index contributed by atoms with van der Waals surface area (Å²) in [4.78, 5) is 23.4. The zero-order valence-electron chi connectivity index (χ0n) is 15.4. The van der Waals surface area contributed by atoms with Crippen LogP contribution in [0.5, 0.6) is 5.75 Å². The summed E-state index contributed by atoms with van der Waals surface area (Å²) < 4.78 is 10.9. The van der Waals surface area contributed by atoms with Gasteiger partial charge in [-0.2, -0.15) is 0 Å². The first-order valence-corrected chi connectivity index (χ1v) is 11.1. The zero-order chi connectivity index (χ0) is 18.8. The van der Waals surface area contributed by atoms with E-state index in [0.717, 1.165) is 12.8 Å². The Hall–Kier alpha value is -1.34. The van der Waals surface area contributed by atoms with E-state index in [-0.39, 0.29) is 25.2 Å². The van der Waals surface area contributed by atoms with Crippen LogP contribution in [0.1, 0.15) is 43.3 Å². The van der Waals surface area contributed by atoms with Crippen molar-refractivity contribution in [3.05, 3.63) is 29.8 Å². The molecule has 0 radical (unpaired) electrons. The summed E-state index contributed by atoms with van der Waals surface area (Å²) in [6, 6.07) is 7.95. The van der Waals surface area contributed by atoms with Crippen LogP contribution in [0.15, 0.2) is 24.3 Å². The summed E-state index contributed by atoms with van der Waals surface area (Å²) >= 11 is 3.93. The number of amides is 1. The van der Waals surface area contributed by atoms with E-state index >= 15 is 0 Å². The van der Waals surface area contributed by atoms with E-state index in [1.165, 1.54) is 23.5 Å². The molecule has 0 aliphatic carbocycles. The zero-order valence-corrected chi connectivity index (χ0v) is 17.0. The molecule has 2 rings (SSSR count). The largest absolute Gasteiger partial charge is 0.482 e. The third-order valence-corrected chi connectivity index (χ3v) is 7.07. The highest BCUT2D eigenvalue weighted by molar-refractivity contribution is 8.16. The normalized spacial score (nSPS) is 14.9. The SMILES string of the molecule is CCC(CC)NC(=O)COC(=O)COc1ccc(C2SCCCS2)cc1. The summed E-state index contributed by atoms with van der Waals surface area (Å²) in [5, 5.41) is 2.82. The molecule has 1 fully saturated rings. The molecule has 1 N–H and O–H groups in total. The predicted molar refractivity (Wildman–Crippen MR) is 108 cm³/mol. The van der Waals surface area contributed by atoms with E-state index < -0.39 is 5.97 Å². The third kappa shape index (κ3) is 7.11. The Kier molecular flexibility index (Phi) is 9.18.